The van der Waals surface area contributed by atoms with E-state index in [4.69, 9.17) is 5.73 Å². The van der Waals surface area contributed by atoms with Crippen LogP contribution >= 0.6 is 11.9 Å². The van der Waals surface area contributed by atoms with Crippen LogP contribution in [-0.4, -0.2) is 42.8 Å². The van der Waals surface area contributed by atoms with Gasteiger partial charge in [-0.1, -0.05) is 11.9 Å². The number of hydrogen-bond donors (Lipinski definition) is 2. The van der Waals surface area contributed by atoms with Crippen LogP contribution in [0.4, 0.5) is 15.9 Å². The van der Waals surface area contributed by atoms with E-state index in [1.54, 1.807) is 36.5 Å². The first kappa shape index (κ1) is 18.7. The lowest BCUT2D eigenvalue weighted by Gasteiger charge is -2.25. The Kier molecular flexibility index (Phi) is 4.72. The van der Waals surface area contributed by atoms with Crippen molar-refractivity contribution in [1.29, 1.82) is 0 Å². The molecular weight excluding hydrogens is 377 g/mol. The number of anilines is 2. The zero-order valence-electron chi connectivity index (χ0n) is 15.9. The first-order valence-corrected chi connectivity index (χ1v) is 9.69. The molecule has 28 heavy (non-hydrogen) atoms. The normalized spacial score (nSPS) is 20.0. The van der Waals surface area contributed by atoms with E-state index in [-0.39, 0.29) is 10.6 Å². The smallest absolute Gasteiger partial charge is 0.180 e. The predicted octanol–water partition coefficient (Wildman–Crippen LogP) is 3.38. The van der Waals surface area contributed by atoms with Gasteiger partial charge in [0.1, 0.15) is 11.7 Å². The van der Waals surface area contributed by atoms with Gasteiger partial charge in [0, 0.05) is 42.6 Å². The highest BCUT2D eigenvalue weighted by Gasteiger charge is 2.32. The van der Waals surface area contributed by atoms with Gasteiger partial charge < -0.3 is 15.5 Å². The van der Waals surface area contributed by atoms with Crippen LogP contribution in [0.2, 0.25) is 0 Å². The maximum absolute atomic E-state index is 14.7. The van der Waals surface area contributed by atoms with Crippen molar-refractivity contribution in [3.8, 4) is 0 Å². The highest BCUT2D eigenvalue weighted by Crippen LogP contribution is 2.36. The molecule has 1 unspecified atom stereocenters. The molecular formula is C19H22FN7S. The van der Waals surface area contributed by atoms with Gasteiger partial charge >= 0.3 is 0 Å². The molecule has 1 aliphatic heterocycles. The Morgan fingerprint density at radius 1 is 1.25 bits per heavy atom. The number of rotatable bonds is 3. The number of nitrogens with two attached hydrogens (primary N) is 1. The summed E-state index contributed by atoms with van der Waals surface area (Å²) in [5.74, 6) is 0.799. The molecule has 7 nitrogen and oxygen atoms in total. The van der Waals surface area contributed by atoms with Crippen molar-refractivity contribution in [3.63, 3.8) is 0 Å². The summed E-state index contributed by atoms with van der Waals surface area (Å²) in [4.78, 5) is 13.3. The number of amidine groups is 1. The Hall–Kier alpha value is -2.65. The molecule has 0 radical (unpaired) electrons. The summed E-state index contributed by atoms with van der Waals surface area (Å²) in [5, 5.41) is 3.23. The van der Waals surface area contributed by atoms with E-state index in [2.05, 4.69) is 24.6 Å². The number of imidazole rings is 1. The van der Waals surface area contributed by atoms with Crippen LogP contribution in [0.3, 0.4) is 0 Å². The predicted molar refractivity (Wildman–Crippen MR) is 111 cm³/mol. The van der Waals surface area contributed by atoms with Gasteiger partial charge in [-0.3, -0.25) is 9.30 Å². The molecule has 3 aromatic rings. The van der Waals surface area contributed by atoms with Crippen LogP contribution in [0.15, 0.2) is 48.0 Å². The van der Waals surface area contributed by atoms with E-state index in [9.17, 15) is 4.39 Å². The Bertz CT molecular complexity index is 1050. The van der Waals surface area contributed by atoms with E-state index < -0.39 is 6.04 Å². The van der Waals surface area contributed by atoms with E-state index >= 15 is 0 Å². The number of fused-ring (bicyclic) bond motifs is 1. The quantitative estimate of drug-likeness (QED) is 0.657. The molecule has 146 valence electrons. The van der Waals surface area contributed by atoms with E-state index in [1.807, 2.05) is 37.7 Å². The molecule has 0 fully saturated rings. The lowest BCUT2D eigenvalue weighted by atomic mass is 10.0. The van der Waals surface area contributed by atoms with Crippen LogP contribution in [0.5, 0.6) is 0 Å². The molecule has 0 amide bonds. The van der Waals surface area contributed by atoms with Gasteiger partial charge in [0.05, 0.1) is 10.8 Å². The van der Waals surface area contributed by atoms with E-state index in [1.165, 1.54) is 6.07 Å². The van der Waals surface area contributed by atoms with Gasteiger partial charge in [-0.15, -0.1) is 0 Å². The minimum absolute atomic E-state index is 0.308. The summed E-state index contributed by atoms with van der Waals surface area (Å²) in [6.45, 7) is 4.59. The molecule has 1 aromatic carbocycles. The van der Waals surface area contributed by atoms with Crippen LogP contribution in [0.1, 0.15) is 25.5 Å². The topological polar surface area (TPSA) is 83.8 Å². The average Bonchev–Trinajstić information content (AvgIpc) is 3.08. The van der Waals surface area contributed by atoms with E-state index in [0.29, 0.717) is 35.1 Å². The number of halogens is 1. The van der Waals surface area contributed by atoms with Gasteiger partial charge in [0.15, 0.2) is 11.5 Å². The number of aliphatic imine (C=N–C) groups is 1. The summed E-state index contributed by atoms with van der Waals surface area (Å²) in [7, 11) is 1.97. The van der Waals surface area contributed by atoms with E-state index in [0.717, 1.165) is 0 Å². The summed E-state index contributed by atoms with van der Waals surface area (Å²) in [6, 6.07) is 4.50. The van der Waals surface area contributed by atoms with Crippen LogP contribution in [-0.2, 0) is 0 Å². The van der Waals surface area contributed by atoms with Gasteiger partial charge in [-0.05, 0) is 39.1 Å². The number of likely N-dealkylation sites (N-methyl/N-ethyl adjacent to an activating group) is 1. The van der Waals surface area contributed by atoms with Crippen molar-refractivity contribution in [2.45, 2.75) is 24.6 Å². The second-order valence-corrected chi connectivity index (χ2v) is 9.06. The minimum atomic E-state index is -0.392. The zero-order chi connectivity index (χ0) is 19.9. The molecule has 3 N–H and O–H groups in total. The number of nitrogens with zero attached hydrogens (tertiary/aromatic N) is 5. The lowest BCUT2D eigenvalue weighted by molar-refractivity contribution is 0.489. The molecule has 0 bridgehead atoms. The van der Waals surface area contributed by atoms with Gasteiger partial charge in [-0.2, -0.15) is 0 Å². The van der Waals surface area contributed by atoms with Crippen molar-refractivity contribution in [3.05, 3.63) is 54.4 Å². The molecule has 0 spiro atoms. The van der Waals surface area contributed by atoms with Gasteiger partial charge in [0.2, 0.25) is 0 Å². The average molecular weight is 399 g/mol. The van der Waals surface area contributed by atoms with Crippen molar-refractivity contribution in [1.82, 2.24) is 18.7 Å². The maximum atomic E-state index is 14.7. The SMILES string of the molecule is CN1CC(c2cc(Nc3nccn4ccnc34)ccc2F)N=C(N)C(C)(C)S1. The third kappa shape index (κ3) is 3.55. The minimum Gasteiger partial charge on any atom is -0.386 e. The molecule has 0 saturated carbocycles. The monoisotopic (exact) mass is 399 g/mol. The Labute approximate surface area is 167 Å². The van der Waals surface area contributed by atoms with Crippen LogP contribution in [0, 0.1) is 5.82 Å². The molecule has 2 aromatic heterocycles. The fourth-order valence-corrected chi connectivity index (χ4v) is 4.35. The first-order valence-electron chi connectivity index (χ1n) is 8.91. The lowest BCUT2D eigenvalue weighted by Crippen LogP contribution is -2.36. The molecule has 4 rings (SSSR count). The van der Waals surface area contributed by atoms with Crippen LogP contribution < -0.4 is 11.1 Å². The molecule has 9 heteroatoms. The van der Waals surface area contributed by atoms with Crippen molar-refractivity contribution in [2.75, 3.05) is 18.9 Å². The van der Waals surface area contributed by atoms with Crippen molar-refractivity contribution in [2.24, 2.45) is 10.7 Å². The molecule has 0 saturated heterocycles. The number of aromatic nitrogens is 3. The Morgan fingerprint density at radius 3 is 2.79 bits per heavy atom. The van der Waals surface area contributed by atoms with Gasteiger partial charge in [-0.25, -0.2) is 14.4 Å². The Morgan fingerprint density at radius 2 is 2.00 bits per heavy atom. The summed E-state index contributed by atoms with van der Waals surface area (Å²) in [5.41, 5.74) is 8.11. The molecule has 3 heterocycles. The molecule has 0 aliphatic carbocycles. The summed E-state index contributed by atoms with van der Waals surface area (Å²) in [6.07, 6.45) is 7.06. The summed E-state index contributed by atoms with van der Waals surface area (Å²) < 4.78 is 18.3. The standard InChI is InChI=1S/C19H22FN7S/c1-19(2)18(21)25-15(11-26(3)28-19)13-10-12(4-5-14(13)20)24-16-17-23-7-9-27(17)8-6-22-16/h4-10,15H,11H2,1-3H3,(H2,21,25)(H,22,24). The first-order chi connectivity index (χ1) is 13.3. The second-order valence-electron chi connectivity index (χ2n) is 7.24. The largest absolute Gasteiger partial charge is 0.386 e. The zero-order valence-corrected chi connectivity index (χ0v) is 16.7. The number of nitrogens with one attached hydrogen (secondary N) is 1. The van der Waals surface area contributed by atoms with Crippen molar-refractivity contribution < 1.29 is 4.39 Å². The fraction of sp³-hybridized carbons (Fsp3) is 0.316. The maximum Gasteiger partial charge on any atom is 0.180 e. The third-order valence-corrected chi connectivity index (χ3v) is 5.78. The molecule has 1 atom stereocenters. The number of hydrogen-bond acceptors (Lipinski definition) is 7. The summed E-state index contributed by atoms with van der Waals surface area (Å²) >= 11 is 1.60. The second kappa shape index (κ2) is 7.06. The third-order valence-electron chi connectivity index (χ3n) is 4.65. The number of benzene rings is 1. The van der Waals surface area contributed by atoms with Gasteiger partial charge in [0.25, 0.3) is 0 Å². The Balaban J connectivity index is 1.69. The highest BCUT2D eigenvalue weighted by atomic mass is 32.2. The van der Waals surface area contributed by atoms with Crippen molar-refractivity contribution >= 4 is 34.9 Å². The fourth-order valence-electron chi connectivity index (χ4n) is 3.21. The van der Waals surface area contributed by atoms with Crippen LogP contribution in [0.25, 0.3) is 5.65 Å². The highest BCUT2D eigenvalue weighted by molar-refractivity contribution is 7.99. The molecule has 1 aliphatic rings.